The molecule has 0 unspecified atom stereocenters. The van der Waals surface area contributed by atoms with E-state index in [1.807, 2.05) is 80.1 Å². The molecule has 1 aliphatic heterocycles. The highest BCUT2D eigenvalue weighted by Crippen LogP contribution is 2.35. The van der Waals surface area contributed by atoms with Crippen molar-refractivity contribution in [3.63, 3.8) is 0 Å². The number of anilines is 2. The average molecular weight is 412 g/mol. The third-order valence-electron chi connectivity index (χ3n) is 5.54. The van der Waals surface area contributed by atoms with Gasteiger partial charge in [-0.3, -0.25) is 4.79 Å². The molecule has 6 heteroatoms. The zero-order valence-electron chi connectivity index (χ0n) is 18.1. The largest absolute Gasteiger partial charge is 0.487 e. The summed E-state index contributed by atoms with van der Waals surface area (Å²) < 4.78 is 7.83. The standard InChI is InChI=1S/C25H24N4O2/c1-15-12-22(26-17-10-11-21-19(13-17)20(30)14-25(3,4)31-21)27-24-23(15)16(2)28-29(24)18-8-6-5-7-9-18/h5-13H,14H2,1-4H3,(H,26,27). The Morgan fingerprint density at radius 3 is 2.61 bits per heavy atom. The fourth-order valence-corrected chi connectivity index (χ4v) is 4.20. The van der Waals surface area contributed by atoms with Crippen LogP contribution < -0.4 is 10.1 Å². The molecule has 0 fully saturated rings. The Kier molecular flexibility index (Phi) is 4.32. The molecule has 0 atom stereocenters. The number of para-hydroxylation sites is 1. The van der Waals surface area contributed by atoms with E-state index in [-0.39, 0.29) is 5.78 Å². The van der Waals surface area contributed by atoms with E-state index in [1.165, 1.54) is 0 Å². The molecule has 0 saturated carbocycles. The van der Waals surface area contributed by atoms with Crippen LogP contribution in [0.15, 0.2) is 54.6 Å². The van der Waals surface area contributed by atoms with Crippen molar-refractivity contribution in [1.29, 1.82) is 0 Å². The fraction of sp³-hybridized carbons (Fsp3) is 0.240. The normalized spacial score (nSPS) is 14.9. The summed E-state index contributed by atoms with van der Waals surface area (Å²) >= 11 is 0. The lowest BCUT2D eigenvalue weighted by atomic mass is 9.93. The fourth-order valence-electron chi connectivity index (χ4n) is 4.20. The number of carbonyl (C=O) groups is 1. The molecule has 0 amide bonds. The molecule has 1 aliphatic rings. The maximum Gasteiger partial charge on any atom is 0.170 e. The number of fused-ring (bicyclic) bond motifs is 2. The minimum atomic E-state index is -0.476. The van der Waals surface area contributed by atoms with Gasteiger partial charge >= 0.3 is 0 Å². The molecular weight excluding hydrogens is 388 g/mol. The molecule has 0 saturated heterocycles. The number of hydrogen-bond acceptors (Lipinski definition) is 5. The number of nitrogens with one attached hydrogen (secondary N) is 1. The van der Waals surface area contributed by atoms with Crippen LogP contribution in [0.5, 0.6) is 5.75 Å². The lowest BCUT2D eigenvalue weighted by Crippen LogP contribution is -2.35. The minimum absolute atomic E-state index is 0.0901. The summed E-state index contributed by atoms with van der Waals surface area (Å²) in [5.41, 5.74) is 4.71. The second-order valence-electron chi connectivity index (χ2n) is 8.65. The number of aryl methyl sites for hydroxylation is 2. The Morgan fingerprint density at radius 2 is 1.84 bits per heavy atom. The number of hydrogen-bond donors (Lipinski definition) is 1. The quantitative estimate of drug-likeness (QED) is 0.479. The van der Waals surface area contributed by atoms with Crippen molar-refractivity contribution in [3.05, 3.63) is 71.4 Å². The van der Waals surface area contributed by atoms with Gasteiger partial charge in [-0.15, -0.1) is 0 Å². The molecule has 3 heterocycles. The van der Waals surface area contributed by atoms with E-state index in [2.05, 4.69) is 12.2 Å². The third kappa shape index (κ3) is 3.44. The molecule has 0 aliphatic carbocycles. The van der Waals surface area contributed by atoms with Crippen molar-refractivity contribution in [3.8, 4) is 11.4 Å². The summed E-state index contributed by atoms with van der Waals surface area (Å²) in [5, 5.41) is 9.12. The Bertz CT molecular complexity index is 1320. The molecule has 5 rings (SSSR count). The Morgan fingerprint density at radius 1 is 1.06 bits per heavy atom. The van der Waals surface area contributed by atoms with Crippen LogP contribution in [0.3, 0.4) is 0 Å². The molecule has 2 aromatic heterocycles. The number of nitrogens with zero attached hydrogens (tertiary/aromatic N) is 3. The van der Waals surface area contributed by atoms with Crippen LogP contribution in [0, 0.1) is 13.8 Å². The second kappa shape index (κ2) is 6.94. The molecule has 1 N–H and O–H groups in total. The zero-order valence-corrected chi connectivity index (χ0v) is 18.1. The van der Waals surface area contributed by atoms with E-state index in [1.54, 1.807) is 0 Å². The predicted molar refractivity (Wildman–Crippen MR) is 122 cm³/mol. The predicted octanol–water partition coefficient (Wildman–Crippen LogP) is 5.52. The van der Waals surface area contributed by atoms with Crippen LogP contribution >= 0.6 is 0 Å². The van der Waals surface area contributed by atoms with Crippen LogP contribution in [0.4, 0.5) is 11.5 Å². The van der Waals surface area contributed by atoms with E-state index in [4.69, 9.17) is 14.8 Å². The lowest BCUT2D eigenvalue weighted by molar-refractivity contribution is 0.0620. The third-order valence-corrected chi connectivity index (χ3v) is 5.54. The van der Waals surface area contributed by atoms with E-state index in [0.717, 1.165) is 33.7 Å². The second-order valence-corrected chi connectivity index (χ2v) is 8.65. The number of Topliss-reactive ketones (excluding diaryl/α,β-unsaturated/α-hetero) is 1. The van der Waals surface area contributed by atoms with Crippen LogP contribution in [-0.2, 0) is 0 Å². The van der Waals surface area contributed by atoms with Gasteiger partial charge in [-0.1, -0.05) is 18.2 Å². The molecule has 0 radical (unpaired) electrons. The first-order chi connectivity index (χ1) is 14.8. The number of aromatic nitrogens is 3. The first kappa shape index (κ1) is 19.3. The van der Waals surface area contributed by atoms with Crippen LogP contribution in [-0.4, -0.2) is 26.1 Å². The van der Waals surface area contributed by atoms with Gasteiger partial charge in [0.15, 0.2) is 11.4 Å². The summed E-state index contributed by atoms with van der Waals surface area (Å²) in [6, 6.07) is 17.6. The molecule has 6 nitrogen and oxygen atoms in total. The summed E-state index contributed by atoms with van der Waals surface area (Å²) in [4.78, 5) is 17.5. The molecule has 0 spiro atoms. The van der Waals surface area contributed by atoms with Crippen molar-refractivity contribution < 1.29 is 9.53 Å². The highest BCUT2D eigenvalue weighted by atomic mass is 16.5. The van der Waals surface area contributed by atoms with Gasteiger partial charge in [0.2, 0.25) is 0 Å². The van der Waals surface area contributed by atoms with Gasteiger partial charge < -0.3 is 10.1 Å². The van der Waals surface area contributed by atoms with Crippen LogP contribution in [0.25, 0.3) is 16.7 Å². The van der Waals surface area contributed by atoms with Gasteiger partial charge in [-0.25, -0.2) is 9.67 Å². The van der Waals surface area contributed by atoms with Crippen LogP contribution in [0.2, 0.25) is 0 Å². The molecule has 31 heavy (non-hydrogen) atoms. The first-order valence-corrected chi connectivity index (χ1v) is 10.4. The number of ether oxygens (including phenoxy) is 1. The Hall–Kier alpha value is -3.67. The maximum absolute atomic E-state index is 12.6. The lowest BCUT2D eigenvalue weighted by Gasteiger charge is -2.31. The molecule has 2 aromatic carbocycles. The van der Waals surface area contributed by atoms with Crippen molar-refractivity contribution in [2.75, 3.05) is 5.32 Å². The van der Waals surface area contributed by atoms with Gasteiger partial charge in [-0.2, -0.15) is 5.10 Å². The number of ketones is 1. The molecule has 0 bridgehead atoms. The van der Waals surface area contributed by atoms with E-state index < -0.39 is 5.60 Å². The summed E-state index contributed by atoms with van der Waals surface area (Å²) in [6.07, 6.45) is 0.363. The summed E-state index contributed by atoms with van der Waals surface area (Å²) in [7, 11) is 0. The van der Waals surface area contributed by atoms with Gasteiger partial charge in [0.05, 0.1) is 23.4 Å². The number of benzene rings is 2. The zero-order chi connectivity index (χ0) is 21.8. The highest BCUT2D eigenvalue weighted by Gasteiger charge is 2.32. The Labute approximate surface area is 180 Å². The average Bonchev–Trinajstić information content (AvgIpc) is 3.05. The summed E-state index contributed by atoms with van der Waals surface area (Å²) in [6.45, 7) is 7.92. The minimum Gasteiger partial charge on any atom is -0.487 e. The van der Waals surface area contributed by atoms with Gasteiger partial charge in [0.1, 0.15) is 17.2 Å². The van der Waals surface area contributed by atoms with Gasteiger partial charge in [-0.05, 0) is 69.7 Å². The van der Waals surface area contributed by atoms with Crippen molar-refractivity contribution >= 4 is 28.3 Å². The van der Waals surface area contributed by atoms with Gasteiger partial charge in [0, 0.05) is 11.1 Å². The van der Waals surface area contributed by atoms with Crippen molar-refractivity contribution in [1.82, 2.24) is 14.8 Å². The van der Waals surface area contributed by atoms with E-state index >= 15 is 0 Å². The van der Waals surface area contributed by atoms with E-state index in [0.29, 0.717) is 23.6 Å². The molecular formula is C25H24N4O2. The van der Waals surface area contributed by atoms with Crippen molar-refractivity contribution in [2.45, 2.75) is 39.7 Å². The first-order valence-electron chi connectivity index (χ1n) is 10.4. The SMILES string of the molecule is Cc1cc(Nc2ccc3c(c2)C(=O)CC(C)(C)O3)nc2c1c(C)nn2-c1ccccc1. The van der Waals surface area contributed by atoms with E-state index in [9.17, 15) is 4.79 Å². The smallest absolute Gasteiger partial charge is 0.170 e. The molecule has 4 aromatic rings. The number of pyridine rings is 1. The maximum atomic E-state index is 12.6. The van der Waals surface area contributed by atoms with Gasteiger partial charge in [0.25, 0.3) is 0 Å². The number of rotatable bonds is 3. The monoisotopic (exact) mass is 412 g/mol. The number of carbonyl (C=O) groups excluding carboxylic acids is 1. The van der Waals surface area contributed by atoms with Crippen molar-refractivity contribution in [2.24, 2.45) is 0 Å². The molecule has 156 valence electrons. The topological polar surface area (TPSA) is 69.0 Å². The highest BCUT2D eigenvalue weighted by molar-refractivity contribution is 6.01. The summed E-state index contributed by atoms with van der Waals surface area (Å²) in [5.74, 6) is 1.42. The Balaban J connectivity index is 1.55. The van der Waals surface area contributed by atoms with Crippen LogP contribution in [0.1, 0.15) is 41.9 Å².